The highest BCUT2D eigenvalue weighted by molar-refractivity contribution is 6.33. The van der Waals surface area contributed by atoms with E-state index in [1.165, 1.54) is 12.5 Å². The number of nitrogens with zero attached hydrogens (tertiary/aromatic N) is 1. The lowest BCUT2D eigenvalue weighted by Gasteiger charge is -2.05. The number of pyridine rings is 1. The van der Waals surface area contributed by atoms with Crippen LogP contribution in [0.25, 0.3) is 0 Å². The molecule has 0 saturated heterocycles. The molecule has 1 heterocycles. The maximum atomic E-state index is 11.2. The van der Waals surface area contributed by atoms with Crippen molar-refractivity contribution in [1.29, 1.82) is 0 Å². The van der Waals surface area contributed by atoms with Crippen LogP contribution in [0.15, 0.2) is 42.7 Å². The minimum atomic E-state index is -0.00883. The largest absolute Gasteiger partial charge is 0.294 e. The van der Waals surface area contributed by atoms with Crippen molar-refractivity contribution in [2.75, 3.05) is 0 Å². The first-order valence-corrected chi connectivity index (χ1v) is 5.73. The molecule has 0 aliphatic rings. The Kier molecular flexibility index (Phi) is 3.55. The fourth-order valence-corrected chi connectivity index (χ4v) is 2.03. The van der Waals surface area contributed by atoms with Gasteiger partial charge in [0.15, 0.2) is 5.78 Å². The Hall–Kier alpha value is -1.67. The van der Waals surface area contributed by atoms with Gasteiger partial charge in [-0.2, -0.15) is 0 Å². The second-order valence-electron chi connectivity index (χ2n) is 3.90. The first kappa shape index (κ1) is 11.8. The number of hydrogen-bond acceptors (Lipinski definition) is 2. The van der Waals surface area contributed by atoms with Crippen LogP contribution in [0.3, 0.4) is 0 Å². The van der Waals surface area contributed by atoms with Crippen LogP contribution in [-0.4, -0.2) is 10.8 Å². The van der Waals surface area contributed by atoms with Crippen molar-refractivity contribution in [3.8, 4) is 0 Å². The highest BCUT2D eigenvalue weighted by Crippen LogP contribution is 2.20. The van der Waals surface area contributed by atoms with Crippen LogP contribution in [-0.2, 0) is 6.42 Å². The summed E-state index contributed by atoms with van der Waals surface area (Å²) < 4.78 is 0. The van der Waals surface area contributed by atoms with Gasteiger partial charge in [-0.1, -0.05) is 17.7 Å². The van der Waals surface area contributed by atoms with E-state index in [-0.39, 0.29) is 5.78 Å². The zero-order valence-corrected chi connectivity index (χ0v) is 10.2. The SMILES string of the molecule is CC(=O)c1ccc(Cc2ccncc2)cc1Cl. The maximum absolute atomic E-state index is 11.2. The maximum Gasteiger partial charge on any atom is 0.161 e. The molecule has 0 N–H and O–H groups in total. The molecule has 0 fully saturated rings. The van der Waals surface area contributed by atoms with Crippen molar-refractivity contribution < 1.29 is 4.79 Å². The Balaban J connectivity index is 2.24. The predicted molar refractivity (Wildman–Crippen MR) is 68.5 cm³/mol. The normalized spacial score (nSPS) is 10.2. The van der Waals surface area contributed by atoms with E-state index >= 15 is 0 Å². The van der Waals surface area contributed by atoms with Gasteiger partial charge in [0.2, 0.25) is 0 Å². The van der Waals surface area contributed by atoms with Crippen molar-refractivity contribution >= 4 is 17.4 Å². The summed E-state index contributed by atoms with van der Waals surface area (Å²) in [6.07, 6.45) is 4.32. The Morgan fingerprint density at radius 3 is 2.47 bits per heavy atom. The molecular weight excluding hydrogens is 234 g/mol. The molecule has 0 aliphatic carbocycles. The first-order chi connectivity index (χ1) is 8.16. The number of aromatic nitrogens is 1. The van der Waals surface area contributed by atoms with Gasteiger partial charge in [-0.25, -0.2) is 0 Å². The molecule has 0 saturated carbocycles. The zero-order valence-electron chi connectivity index (χ0n) is 9.48. The summed E-state index contributed by atoms with van der Waals surface area (Å²) in [5, 5.41) is 0.518. The number of ketones is 1. The van der Waals surface area contributed by atoms with E-state index in [1.807, 2.05) is 24.3 Å². The fourth-order valence-electron chi connectivity index (χ4n) is 1.69. The number of carbonyl (C=O) groups excluding carboxylic acids is 1. The third-order valence-electron chi connectivity index (χ3n) is 2.57. The van der Waals surface area contributed by atoms with E-state index in [9.17, 15) is 4.79 Å². The average molecular weight is 246 g/mol. The van der Waals surface area contributed by atoms with Gasteiger partial charge in [-0.15, -0.1) is 0 Å². The van der Waals surface area contributed by atoms with Gasteiger partial charge in [0, 0.05) is 18.0 Å². The molecule has 1 aromatic carbocycles. The number of halogens is 1. The molecule has 2 nitrogen and oxygen atoms in total. The van der Waals surface area contributed by atoms with Gasteiger partial charge in [0.25, 0.3) is 0 Å². The van der Waals surface area contributed by atoms with Crippen molar-refractivity contribution in [3.05, 3.63) is 64.4 Å². The molecule has 0 atom stereocenters. The summed E-state index contributed by atoms with van der Waals surface area (Å²) in [6, 6.07) is 9.49. The van der Waals surface area contributed by atoms with Crippen molar-refractivity contribution in [1.82, 2.24) is 4.98 Å². The molecule has 0 radical (unpaired) electrons. The van der Waals surface area contributed by atoms with E-state index in [4.69, 9.17) is 11.6 Å². The summed E-state index contributed by atoms with van der Waals surface area (Å²) in [4.78, 5) is 15.2. The summed E-state index contributed by atoms with van der Waals surface area (Å²) in [7, 11) is 0. The zero-order chi connectivity index (χ0) is 12.3. The Labute approximate surface area is 105 Å². The molecule has 0 bridgehead atoms. The van der Waals surface area contributed by atoms with Crippen molar-refractivity contribution in [2.45, 2.75) is 13.3 Å². The van der Waals surface area contributed by atoms with E-state index in [2.05, 4.69) is 4.98 Å². The monoisotopic (exact) mass is 245 g/mol. The van der Waals surface area contributed by atoms with Crippen molar-refractivity contribution in [3.63, 3.8) is 0 Å². The number of rotatable bonds is 3. The van der Waals surface area contributed by atoms with Crippen LogP contribution in [0, 0.1) is 0 Å². The molecule has 0 unspecified atom stereocenters. The van der Waals surface area contributed by atoms with E-state index in [1.54, 1.807) is 18.5 Å². The fraction of sp³-hybridized carbons (Fsp3) is 0.143. The second-order valence-corrected chi connectivity index (χ2v) is 4.31. The summed E-state index contributed by atoms with van der Waals surface area (Å²) in [5.41, 5.74) is 2.84. The molecule has 17 heavy (non-hydrogen) atoms. The van der Waals surface area contributed by atoms with Crippen LogP contribution >= 0.6 is 11.6 Å². The highest BCUT2D eigenvalue weighted by atomic mass is 35.5. The topological polar surface area (TPSA) is 30.0 Å². The minimum Gasteiger partial charge on any atom is -0.294 e. The van der Waals surface area contributed by atoms with Gasteiger partial charge >= 0.3 is 0 Å². The quantitative estimate of drug-likeness (QED) is 0.775. The average Bonchev–Trinajstić information content (AvgIpc) is 2.30. The van der Waals surface area contributed by atoms with Gasteiger partial charge in [0.05, 0.1) is 5.02 Å². The third-order valence-corrected chi connectivity index (χ3v) is 2.88. The molecule has 0 spiro atoms. The van der Waals surface area contributed by atoms with Crippen molar-refractivity contribution in [2.24, 2.45) is 0 Å². The third kappa shape index (κ3) is 2.92. The molecule has 1 aromatic heterocycles. The molecular formula is C14H12ClNO. The van der Waals surface area contributed by atoms with Gasteiger partial charge in [-0.3, -0.25) is 9.78 Å². The smallest absolute Gasteiger partial charge is 0.161 e. The Bertz CT molecular complexity index is 537. The molecule has 0 amide bonds. The Morgan fingerprint density at radius 2 is 1.88 bits per heavy atom. The van der Waals surface area contributed by atoms with Crippen LogP contribution < -0.4 is 0 Å². The Morgan fingerprint density at radius 1 is 1.18 bits per heavy atom. The highest BCUT2D eigenvalue weighted by Gasteiger charge is 2.06. The molecule has 0 aliphatic heterocycles. The molecule has 2 aromatic rings. The summed E-state index contributed by atoms with van der Waals surface area (Å²) in [6.45, 7) is 1.52. The van der Waals surface area contributed by atoms with E-state index in [0.29, 0.717) is 10.6 Å². The van der Waals surface area contributed by atoms with Crippen LogP contribution in [0.4, 0.5) is 0 Å². The number of hydrogen-bond donors (Lipinski definition) is 0. The van der Waals surface area contributed by atoms with Gasteiger partial charge < -0.3 is 0 Å². The number of benzene rings is 1. The lowest BCUT2D eigenvalue weighted by Crippen LogP contribution is -1.95. The predicted octanol–water partition coefficient (Wildman–Crippen LogP) is 3.53. The standard InChI is InChI=1S/C14H12ClNO/c1-10(17)13-3-2-12(9-14(13)15)8-11-4-6-16-7-5-11/h2-7,9H,8H2,1H3. The van der Waals surface area contributed by atoms with Crippen LogP contribution in [0.2, 0.25) is 5.02 Å². The van der Waals surface area contributed by atoms with Gasteiger partial charge in [-0.05, 0) is 48.7 Å². The first-order valence-electron chi connectivity index (χ1n) is 5.35. The van der Waals surface area contributed by atoms with E-state index < -0.39 is 0 Å². The molecule has 3 heteroatoms. The minimum absolute atomic E-state index is 0.00883. The van der Waals surface area contributed by atoms with Crippen LogP contribution in [0.5, 0.6) is 0 Å². The number of carbonyl (C=O) groups is 1. The van der Waals surface area contributed by atoms with E-state index in [0.717, 1.165) is 12.0 Å². The second kappa shape index (κ2) is 5.11. The summed E-state index contributed by atoms with van der Waals surface area (Å²) >= 11 is 6.06. The van der Waals surface area contributed by atoms with Gasteiger partial charge in [0.1, 0.15) is 0 Å². The summed E-state index contributed by atoms with van der Waals surface area (Å²) in [5.74, 6) is -0.00883. The lowest BCUT2D eigenvalue weighted by molar-refractivity contribution is 0.101. The lowest BCUT2D eigenvalue weighted by atomic mass is 10.0. The number of Topliss-reactive ketones (excluding diaryl/α,β-unsaturated/α-hetero) is 1. The molecule has 2 rings (SSSR count). The molecule has 86 valence electrons. The van der Waals surface area contributed by atoms with Crippen LogP contribution in [0.1, 0.15) is 28.4 Å².